The van der Waals surface area contributed by atoms with E-state index >= 15 is 0 Å². The van der Waals surface area contributed by atoms with Crippen molar-refractivity contribution in [3.05, 3.63) is 41.9 Å². The van der Waals surface area contributed by atoms with Crippen LogP contribution in [0.15, 0.2) is 30.6 Å². The van der Waals surface area contributed by atoms with Crippen LogP contribution in [-0.4, -0.2) is 14.8 Å². The topological polar surface area (TPSA) is 56.7 Å². The molecule has 4 heteroatoms. The van der Waals surface area contributed by atoms with Crippen LogP contribution >= 0.6 is 0 Å². The molecule has 2 aromatic heterocycles. The van der Waals surface area contributed by atoms with Crippen molar-refractivity contribution in [1.29, 1.82) is 0 Å². The van der Waals surface area contributed by atoms with Gasteiger partial charge in [-0.25, -0.2) is 0 Å². The van der Waals surface area contributed by atoms with Gasteiger partial charge in [0.05, 0.1) is 5.69 Å². The predicted octanol–water partition coefficient (Wildman–Crippen LogP) is 1.18. The minimum absolute atomic E-state index is 0.705. The summed E-state index contributed by atoms with van der Waals surface area (Å²) in [6.07, 6.45) is 5.51. The zero-order valence-electron chi connectivity index (χ0n) is 8.72. The molecule has 0 aliphatic heterocycles. The van der Waals surface area contributed by atoms with E-state index in [1.54, 1.807) is 10.9 Å². The van der Waals surface area contributed by atoms with Crippen LogP contribution in [0.25, 0.3) is 0 Å². The zero-order chi connectivity index (χ0) is 10.7. The Morgan fingerprint density at radius 1 is 1.40 bits per heavy atom. The van der Waals surface area contributed by atoms with E-state index in [1.807, 2.05) is 25.4 Å². The van der Waals surface area contributed by atoms with Gasteiger partial charge in [0, 0.05) is 25.5 Å². The number of nitrogens with two attached hydrogens (primary N) is 1. The van der Waals surface area contributed by atoms with E-state index in [0.717, 1.165) is 18.5 Å². The summed E-state index contributed by atoms with van der Waals surface area (Å²) in [6.45, 7) is 0. The van der Waals surface area contributed by atoms with Gasteiger partial charge < -0.3 is 5.73 Å². The molecule has 0 aliphatic carbocycles. The van der Waals surface area contributed by atoms with Gasteiger partial charge in [0.15, 0.2) is 0 Å². The number of rotatable bonds is 3. The number of aryl methyl sites for hydroxylation is 3. The standard InChI is InChI=1S/C11H14N4/c1-15-11(12)7-10(14-15)5-4-9-3-2-6-13-8-9/h2-3,6-8H,4-5,12H2,1H3. The molecule has 0 saturated carbocycles. The number of anilines is 1. The lowest BCUT2D eigenvalue weighted by molar-refractivity contribution is 0.745. The van der Waals surface area contributed by atoms with Gasteiger partial charge in [0.2, 0.25) is 0 Å². The monoisotopic (exact) mass is 202 g/mol. The van der Waals surface area contributed by atoms with E-state index in [1.165, 1.54) is 5.56 Å². The van der Waals surface area contributed by atoms with Crippen LogP contribution in [0.3, 0.4) is 0 Å². The molecule has 15 heavy (non-hydrogen) atoms. The largest absolute Gasteiger partial charge is 0.384 e. The number of nitrogen functional groups attached to an aromatic ring is 1. The molecule has 0 amide bonds. The normalized spacial score (nSPS) is 10.5. The van der Waals surface area contributed by atoms with Crippen LogP contribution < -0.4 is 5.73 Å². The van der Waals surface area contributed by atoms with E-state index in [0.29, 0.717) is 5.82 Å². The summed E-state index contributed by atoms with van der Waals surface area (Å²) in [5.41, 5.74) is 7.95. The molecular formula is C11H14N4. The maximum atomic E-state index is 5.70. The number of hydrogen-bond acceptors (Lipinski definition) is 3. The summed E-state index contributed by atoms with van der Waals surface area (Å²) in [7, 11) is 1.85. The quantitative estimate of drug-likeness (QED) is 0.813. The van der Waals surface area contributed by atoms with Crippen LogP contribution in [-0.2, 0) is 19.9 Å². The summed E-state index contributed by atoms with van der Waals surface area (Å²) in [5, 5.41) is 4.30. The molecule has 0 fully saturated rings. The molecule has 4 nitrogen and oxygen atoms in total. The van der Waals surface area contributed by atoms with Crippen molar-refractivity contribution in [2.45, 2.75) is 12.8 Å². The Morgan fingerprint density at radius 2 is 2.27 bits per heavy atom. The first-order chi connectivity index (χ1) is 7.25. The number of hydrogen-bond donors (Lipinski definition) is 1. The Hall–Kier alpha value is -1.84. The third-order valence-corrected chi connectivity index (χ3v) is 2.36. The molecule has 0 aromatic carbocycles. The lowest BCUT2D eigenvalue weighted by Crippen LogP contribution is -1.97. The summed E-state index contributed by atoms with van der Waals surface area (Å²) in [4.78, 5) is 4.07. The highest BCUT2D eigenvalue weighted by molar-refractivity contribution is 5.30. The van der Waals surface area contributed by atoms with E-state index < -0.39 is 0 Å². The Morgan fingerprint density at radius 3 is 2.87 bits per heavy atom. The predicted molar refractivity (Wildman–Crippen MR) is 59.3 cm³/mol. The van der Waals surface area contributed by atoms with Crippen molar-refractivity contribution < 1.29 is 0 Å². The molecule has 0 aliphatic rings. The summed E-state index contributed by atoms with van der Waals surface area (Å²) < 4.78 is 1.69. The van der Waals surface area contributed by atoms with Gasteiger partial charge in [0.25, 0.3) is 0 Å². The van der Waals surface area contributed by atoms with Crippen molar-refractivity contribution in [3.63, 3.8) is 0 Å². The SMILES string of the molecule is Cn1nc(CCc2cccnc2)cc1N. The highest BCUT2D eigenvalue weighted by Crippen LogP contribution is 2.08. The molecule has 2 rings (SSSR count). The van der Waals surface area contributed by atoms with E-state index in [-0.39, 0.29) is 0 Å². The maximum absolute atomic E-state index is 5.70. The van der Waals surface area contributed by atoms with Gasteiger partial charge in [-0.3, -0.25) is 9.67 Å². The molecule has 2 aromatic rings. The summed E-state index contributed by atoms with van der Waals surface area (Å²) in [5.74, 6) is 0.705. The number of aromatic nitrogens is 3. The third kappa shape index (κ3) is 2.34. The molecule has 0 spiro atoms. The molecular weight excluding hydrogens is 188 g/mol. The molecule has 78 valence electrons. The second-order valence-electron chi connectivity index (χ2n) is 3.55. The van der Waals surface area contributed by atoms with Gasteiger partial charge in [-0.15, -0.1) is 0 Å². The van der Waals surface area contributed by atoms with Gasteiger partial charge in [-0.2, -0.15) is 5.10 Å². The van der Waals surface area contributed by atoms with E-state index in [2.05, 4.69) is 16.1 Å². The Labute approximate surface area is 88.8 Å². The smallest absolute Gasteiger partial charge is 0.121 e. The van der Waals surface area contributed by atoms with Crippen LogP contribution in [0.2, 0.25) is 0 Å². The number of nitrogens with zero attached hydrogens (tertiary/aromatic N) is 3. The first kappa shape index (κ1) is 9.71. The van der Waals surface area contributed by atoms with Crippen molar-refractivity contribution in [3.8, 4) is 0 Å². The van der Waals surface area contributed by atoms with Crippen molar-refractivity contribution in [2.75, 3.05) is 5.73 Å². The van der Waals surface area contributed by atoms with E-state index in [9.17, 15) is 0 Å². The molecule has 0 unspecified atom stereocenters. The first-order valence-corrected chi connectivity index (χ1v) is 4.93. The fraction of sp³-hybridized carbons (Fsp3) is 0.273. The van der Waals surface area contributed by atoms with Crippen LogP contribution in [0.4, 0.5) is 5.82 Å². The Bertz CT molecular complexity index is 414. The number of pyridine rings is 1. The Kier molecular flexibility index (Phi) is 2.67. The average Bonchev–Trinajstić information content (AvgIpc) is 2.57. The minimum Gasteiger partial charge on any atom is -0.384 e. The molecule has 0 radical (unpaired) electrons. The van der Waals surface area contributed by atoms with Gasteiger partial charge in [-0.05, 0) is 24.5 Å². The van der Waals surface area contributed by atoms with Crippen molar-refractivity contribution >= 4 is 5.82 Å². The van der Waals surface area contributed by atoms with Crippen LogP contribution in [0, 0.1) is 0 Å². The lowest BCUT2D eigenvalue weighted by atomic mass is 10.1. The van der Waals surface area contributed by atoms with Gasteiger partial charge in [0.1, 0.15) is 5.82 Å². The zero-order valence-corrected chi connectivity index (χ0v) is 8.72. The molecule has 2 N–H and O–H groups in total. The molecule has 2 heterocycles. The van der Waals surface area contributed by atoms with Crippen LogP contribution in [0.1, 0.15) is 11.3 Å². The first-order valence-electron chi connectivity index (χ1n) is 4.93. The average molecular weight is 202 g/mol. The third-order valence-electron chi connectivity index (χ3n) is 2.36. The van der Waals surface area contributed by atoms with Gasteiger partial charge >= 0.3 is 0 Å². The van der Waals surface area contributed by atoms with Crippen LogP contribution in [0.5, 0.6) is 0 Å². The minimum atomic E-state index is 0.705. The molecule has 0 saturated heterocycles. The summed E-state index contributed by atoms with van der Waals surface area (Å²) >= 11 is 0. The second-order valence-corrected chi connectivity index (χ2v) is 3.55. The second kappa shape index (κ2) is 4.13. The van der Waals surface area contributed by atoms with E-state index in [4.69, 9.17) is 5.73 Å². The molecule has 0 bridgehead atoms. The molecule has 0 atom stereocenters. The summed E-state index contributed by atoms with van der Waals surface area (Å²) in [6, 6.07) is 5.93. The fourth-order valence-electron chi connectivity index (χ4n) is 1.48. The lowest BCUT2D eigenvalue weighted by Gasteiger charge is -1.97. The Balaban J connectivity index is 1.99. The van der Waals surface area contributed by atoms with Gasteiger partial charge in [-0.1, -0.05) is 6.07 Å². The highest BCUT2D eigenvalue weighted by Gasteiger charge is 2.01. The van der Waals surface area contributed by atoms with Crippen molar-refractivity contribution in [1.82, 2.24) is 14.8 Å². The fourth-order valence-corrected chi connectivity index (χ4v) is 1.48. The maximum Gasteiger partial charge on any atom is 0.121 e. The highest BCUT2D eigenvalue weighted by atomic mass is 15.3. The van der Waals surface area contributed by atoms with Crippen molar-refractivity contribution in [2.24, 2.45) is 7.05 Å².